The van der Waals surface area contributed by atoms with E-state index in [4.69, 9.17) is 19.4 Å². The van der Waals surface area contributed by atoms with Gasteiger partial charge in [0.15, 0.2) is 0 Å². The van der Waals surface area contributed by atoms with Crippen LogP contribution in [0.3, 0.4) is 0 Å². The highest BCUT2D eigenvalue weighted by Gasteiger charge is 2.21. The van der Waals surface area contributed by atoms with Gasteiger partial charge in [-0.25, -0.2) is 9.97 Å². The van der Waals surface area contributed by atoms with Crippen molar-refractivity contribution >= 4 is 11.9 Å². The number of rotatable bonds is 8. The minimum absolute atomic E-state index is 0.00934. The van der Waals surface area contributed by atoms with Gasteiger partial charge >= 0.3 is 11.9 Å². The van der Waals surface area contributed by atoms with Crippen molar-refractivity contribution in [3.8, 4) is 22.5 Å². The second-order valence-electron chi connectivity index (χ2n) is 6.51. The van der Waals surface area contributed by atoms with E-state index in [9.17, 15) is 9.59 Å². The molecule has 6 nitrogen and oxygen atoms in total. The number of nitrogens with zero attached hydrogens (tertiary/aromatic N) is 2. The molecule has 6 heteroatoms. The van der Waals surface area contributed by atoms with E-state index in [0.717, 1.165) is 11.1 Å². The molecule has 0 aliphatic heterocycles. The number of ether oxygens (including phenoxy) is 2. The van der Waals surface area contributed by atoms with E-state index in [0.29, 0.717) is 36.0 Å². The summed E-state index contributed by atoms with van der Waals surface area (Å²) in [6.07, 6.45) is -0.0187. The third-order valence-electron chi connectivity index (χ3n) is 4.37. The number of carbonyl (C=O) groups is 2. The fourth-order valence-corrected chi connectivity index (χ4v) is 3.10. The number of esters is 2. The van der Waals surface area contributed by atoms with Gasteiger partial charge in [-0.3, -0.25) is 9.59 Å². The molecule has 0 atom stereocenters. The van der Waals surface area contributed by atoms with E-state index in [1.165, 1.54) is 0 Å². The van der Waals surface area contributed by atoms with Gasteiger partial charge in [0.1, 0.15) is 0 Å². The molecule has 0 radical (unpaired) electrons. The Hall–Kier alpha value is -3.54. The Balaban J connectivity index is 2.16. The molecule has 0 aliphatic rings. The normalized spacial score (nSPS) is 10.5. The van der Waals surface area contributed by atoms with Gasteiger partial charge in [-0.2, -0.15) is 0 Å². The van der Waals surface area contributed by atoms with E-state index in [-0.39, 0.29) is 24.8 Å². The molecule has 1 heterocycles. The summed E-state index contributed by atoms with van der Waals surface area (Å²) >= 11 is 0. The van der Waals surface area contributed by atoms with Gasteiger partial charge in [-0.05, 0) is 13.8 Å². The monoisotopic (exact) mass is 404 g/mol. The van der Waals surface area contributed by atoms with E-state index < -0.39 is 0 Å². The zero-order valence-electron chi connectivity index (χ0n) is 17.1. The van der Waals surface area contributed by atoms with Crippen LogP contribution in [-0.2, 0) is 31.9 Å². The standard InChI is InChI=1S/C24H24N2O4/c1-3-29-21(27)15-19-23(17-11-7-5-8-12-17)26-20(16-22(28)30-4-2)24(25-19)18-13-9-6-10-14-18/h5-14H,3-4,15-16H2,1-2H3. The van der Waals surface area contributed by atoms with Gasteiger partial charge in [0.25, 0.3) is 0 Å². The molecule has 3 aromatic rings. The second-order valence-corrected chi connectivity index (χ2v) is 6.51. The molecule has 0 aliphatic carbocycles. The fourth-order valence-electron chi connectivity index (χ4n) is 3.10. The molecule has 1 aromatic heterocycles. The Morgan fingerprint density at radius 3 is 1.37 bits per heavy atom. The Labute approximate surface area is 175 Å². The van der Waals surface area contributed by atoms with Gasteiger partial charge in [0, 0.05) is 11.1 Å². The van der Waals surface area contributed by atoms with Crippen LogP contribution in [0.1, 0.15) is 25.2 Å². The number of aromatic nitrogens is 2. The molecule has 0 fully saturated rings. The van der Waals surface area contributed by atoms with Crippen LogP contribution in [0.15, 0.2) is 60.7 Å². The van der Waals surface area contributed by atoms with Crippen molar-refractivity contribution in [2.24, 2.45) is 0 Å². The SMILES string of the molecule is CCOC(=O)Cc1nc(-c2ccccc2)c(CC(=O)OCC)nc1-c1ccccc1. The lowest BCUT2D eigenvalue weighted by atomic mass is 10.0. The number of hydrogen-bond donors (Lipinski definition) is 0. The molecular formula is C24H24N2O4. The summed E-state index contributed by atoms with van der Waals surface area (Å²) in [5.41, 5.74) is 3.76. The van der Waals surface area contributed by atoms with Crippen LogP contribution in [0, 0.1) is 0 Å². The molecule has 0 bridgehead atoms. The van der Waals surface area contributed by atoms with Crippen LogP contribution in [0.2, 0.25) is 0 Å². The predicted octanol–water partition coefficient (Wildman–Crippen LogP) is 4.02. The highest BCUT2D eigenvalue weighted by molar-refractivity contribution is 5.79. The summed E-state index contributed by atoms with van der Waals surface area (Å²) in [7, 11) is 0. The Morgan fingerprint density at radius 2 is 1.03 bits per heavy atom. The van der Waals surface area contributed by atoms with Crippen LogP contribution >= 0.6 is 0 Å². The van der Waals surface area contributed by atoms with Crippen molar-refractivity contribution in [1.29, 1.82) is 0 Å². The molecule has 0 saturated carbocycles. The third kappa shape index (κ3) is 5.29. The molecule has 0 N–H and O–H groups in total. The maximum atomic E-state index is 12.2. The topological polar surface area (TPSA) is 78.4 Å². The number of hydrogen-bond acceptors (Lipinski definition) is 6. The number of carbonyl (C=O) groups excluding carboxylic acids is 2. The zero-order valence-corrected chi connectivity index (χ0v) is 17.1. The first-order chi connectivity index (χ1) is 14.6. The Kier molecular flexibility index (Phi) is 7.27. The predicted molar refractivity (Wildman–Crippen MR) is 114 cm³/mol. The Bertz CT molecular complexity index is 921. The first kappa shape index (κ1) is 21.2. The molecule has 3 rings (SSSR count). The lowest BCUT2D eigenvalue weighted by Crippen LogP contribution is -2.15. The highest BCUT2D eigenvalue weighted by atomic mass is 16.5. The van der Waals surface area contributed by atoms with Crippen LogP contribution in [0.4, 0.5) is 0 Å². The third-order valence-corrected chi connectivity index (χ3v) is 4.37. The largest absolute Gasteiger partial charge is 0.466 e. The minimum Gasteiger partial charge on any atom is -0.466 e. The molecule has 154 valence electrons. The van der Waals surface area contributed by atoms with Crippen LogP contribution < -0.4 is 0 Å². The maximum absolute atomic E-state index is 12.2. The van der Waals surface area contributed by atoms with Gasteiger partial charge in [-0.1, -0.05) is 60.7 Å². The molecule has 0 spiro atoms. The Morgan fingerprint density at radius 1 is 0.667 bits per heavy atom. The molecule has 0 unspecified atom stereocenters. The van der Waals surface area contributed by atoms with Crippen LogP contribution in [0.5, 0.6) is 0 Å². The van der Waals surface area contributed by atoms with E-state index >= 15 is 0 Å². The summed E-state index contributed by atoms with van der Waals surface area (Å²) < 4.78 is 10.3. The fraction of sp³-hybridized carbons (Fsp3) is 0.250. The van der Waals surface area contributed by atoms with Gasteiger partial charge in [-0.15, -0.1) is 0 Å². The average molecular weight is 404 g/mol. The highest BCUT2D eigenvalue weighted by Crippen LogP contribution is 2.28. The van der Waals surface area contributed by atoms with Crippen molar-refractivity contribution < 1.29 is 19.1 Å². The van der Waals surface area contributed by atoms with E-state index in [2.05, 4.69) is 0 Å². The van der Waals surface area contributed by atoms with Gasteiger partial charge in [0.05, 0.1) is 48.8 Å². The van der Waals surface area contributed by atoms with Crippen molar-refractivity contribution in [3.63, 3.8) is 0 Å². The van der Waals surface area contributed by atoms with Crippen molar-refractivity contribution in [2.45, 2.75) is 26.7 Å². The summed E-state index contributed by atoms with van der Waals surface area (Å²) in [4.78, 5) is 34.0. The van der Waals surface area contributed by atoms with Crippen molar-refractivity contribution in [2.75, 3.05) is 13.2 Å². The molecular weight excluding hydrogens is 380 g/mol. The minimum atomic E-state index is -0.374. The van der Waals surface area contributed by atoms with Crippen molar-refractivity contribution in [3.05, 3.63) is 72.1 Å². The smallest absolute Gasteiger partial charge is 0.311 e. The molecule has 30 heavy (non-hydrogen) atoms. The summed E-state index contributed by atoms with van der Waals surface area (Å²) in [6, 6.07) is 19.0. The first-order valence-corrected chi connectivity index (χ1v) is 9.94. The second kappa shape index (κ2) is 10.3. The lowest BCUT2D eigenvalue weighted by molar-refractivity contribution is -0.143. The van der Waals surface area contributed by atoms with Gasteiger partial charge < -0.3 is 9.47 Å². The average Bonchev–Trinajstić information content (AvgIpc) is 2.76. The molecule has 2 aromatic carbocycles. The quantitative estimate of drug-likeness (QED) is 0.528. The van der Waals surface area contributed by atoms with E-state index in [1.807, 2.05) is 60.7 Å². The van der Waals surface area contributed by atoms with Gasteiger partial charge in [0.2, 0.25) is 0 Å². The zero-order chi connectivity index (χ0) is 21.3. The van der Waals surface area contributed by atoms with Crippen molar-refractivity contribution in [1.82, 2.24) is 9.97 Å². The summed E-state index contributed by atoms with van der Waals surface area (Å²) in [6.45, 7) is 4.11. The van der Waals surface area contributed by atoms with Crippen LogP contribution in [0.25, 0.3) is 22.5 Å². The maximum Gasteiger partial charge on any atom is 0.311 e. The van der Waals surface area contributed by atoms with Crippen LogP contribution in [-0.4, -0.2) is 35.1 Å². The molecule has 0 saturated heterocycles. The molecule has 0 amide bonds. The van der Waals surface area contributed by atoms with E-state index in [1.54, 1.807) is 13.8 Å². The lowest BCUT2D eigenvalue weighted by Gasteiger charge is -2.15. The summed E-state index contributed by atoms with van der Waals surface area (Å²) in [5, 5.41) is 0. The first-order valence-electron chi connectivity index (χ1n) is 9.94. The summed E-state index contributed by atoms with van der Waals surface area (Å²) in [5.74, 6) is -0.748. The number of benzene rings is 2.